The Labute approximate surface area is 167 Å². The molecule has 0 amide bonds. The van der Waals surface area contributed by atoms with E-state index in [1.807, 2.05) is 0 Å². The predicted molar refractivity (Wildman–Crippen MR) is 119 cm³/mol. The lowest BCUT2D eigenvalue weighted by Gasteiger charge is -2.30. The van der Waals surface area contributed by atoms with Crippen molar-refractivity contribution in [1.82, 2.24) is 0 Å². The fourth-order valence-corrected chi connectivity index (χ4v) is 4.89. The topological polar surface area (TPSA) is 7.12 Å². The van der Waals surface area contributed by atoms with Gasteiger partial charge in [-0.25, -0.2) is 0 Å². The number of aromatic nitrogens is 1. The van der Waals surface area contributed by atoms with E-state index >= 15 is 0 Å². The molecule has 0 N–H and O–H groups in total. The molecule has 0 fully saturated rings. The van der Waals surface area contributed by atoms with E-state index in [4.69, 9.17) is 0 Å². The number of aryl methyl sites for hydroxylation is 2. The zero-order chi connectivity index (χ0) is 19.6. The highest BCUT2D eigenvalue weighted by molar-refractivity contribution is 6.15. The Morgan fingerprint density at radius 1 is 1.00 bits per heavy atom. The molecule has 1 aliphatic rings. The van der Waals surface area contributed by atoms with Crippen molar-refractivity contribution in [3.63, 3.8) is 0 Å². The van der Waals surface area contributed by atoms with Crippen LogP contribution >= 0.6 is 0 Å². The number of fused-ring (bicyclic) bond motifs is 4. The summed E-state index contributed by atoms with van der Waals surface area (Å²) in [6, 6.07) is 18.1. The van der Waals surface area contributed by atoms with Crippen LogP contribution in [-0.4, -0.2) is 7.05 Å². The second-order valence-corrected chi connectivity index (χ2v) is 8.65. The quantitative estimate of drug-likeness (QED) is 0.390. The standard InChI is InChI=1S/C26H27N2/c1-16(2)13-18-10-12-20-15-27(4)26-23-17(3)9-11-19-7-6-8-22(24(19)23)28(5)25(26)21(20)14-18/h6-12,14-16H,13H2,1-5H3/q+1. The Hall–Kier alpha value is -2.87. The third-order valence-corrected chi connectivity index (χ3v) is 6.09. The number of anilines is 2. The van der Waals surface area contributed by atoms with Crippen molar-refractivity contribution >= 4 is 32.9 Å². The third-order valence-electron chi connectivity index (χ3n) is 6.09. The molecule has 0 aliphatic carbocycles. The number of hydrogen-bond acceptors (Lipinski definition) is 1. The molecule has 2 heteroatoms. The Bertz CT molecular complexity index is 1250. The predicted octanol–water partition coefficient (Wildman–Crippen LogP) is 6.07. The summed E-state index contributed by atoms with van der Waals surface area (Å²) in [4.78, 5) is 2.39. The summed E-state index contributed by atoms with van der Waals surface area (Å²) in [6.07, 6.45) is 3.40. The summed E-state index contributed by atoms with van der Waals surface area (Å²) < 4.78 is 2.31. The number of pyridine rings is 1. The van der Waals surface area contributed by atoms with E-state index < -0.39 is 0 Å². The summed E-state index contributed by atoms with van der Waals surface area (Å²) in [5.41, 5.74) is 8.06. The second kappa shape index (κ2) is 6.07. The highest BCUT2D eigenvalue weighted by atomic mass is 15.1. The molecule has 3 aromatic carbocycles. The molecule has 2 nitrogen and oxygen atoms in total. The normalized spacial score (nSPS) is 12.9. The molecule has 0 radical (unpaired) electrons. The fourth-order valence-electron chi connectivity index (χ4n) is 4.89. The smallest absolute Gasteiger partial charge is 0.237 e. The van der Waals surface area contributed by atoms with Gasteiger partial charge in [-0.05, 0) is 54.0 Å². The highest BCUT2D eigenvalue weighted by Gasteiger charge is 2.32. The first kappa shape index (κ1) is 17.2. The molecule has 0 saturated carbocycles. The summed E-state index contributed by atoms with van der Waals surface area (Å²) in [5, 5.41) is 5.32. The van der Waals surface area contributed by atoms with Crippen LogP contribution in [-0.2, 0) is 13.5 Å². The molecule has 1 aliphatic heterocycles. The van der Waals surface area contributed by atoms with Crippen LogP contribution in [0.5, 0.6) is 0 Å². The largest absolute Gasteiger partial charge is 0.338 e. The molecule has 2 heterocycles. The van der Waals surface area contributed by atoms with Gasteiger partial charge in [0.15, 0.2) is 6.20 Å². The van der Waals surface area contributed by atoms with Gasteiger partial charge in [-0.2, -0.15) is 4.57 Å². The Balaban J connectivity index is 1.93. The van der Waals surface area contributed by atoms with Crippen LogP contribution in [0.3, 0.4) is 0 Å². The lowest BCUT2D eigenvalue weighted by atomic mass is 9.89. The minimum atomic E-state index is 0.655. The lowest BCUT2D eigenvalue weighted by molar-refractivity contribution is -0.658. The minimum Gasteiger partial charge on any atom is -0.338 e. The molecule has 0 unspecified atom stereocenters. The number of rotatable bonds is 2. The molecule has 140 valence electrons. The summed E-state index contributed by atoms with van der Waals surface area (Å²) in [7, 11) is 4.40. The summed E-state index contributed by atoms with van der Waals surface area (Å²) >= 11 is 0. The molecule has 4 aromatic rings. The SMILES string of the molecule is Cc1ccc2cccc3c2c1-c1c(c2cc(CC(C)C)ccc2c[n+]1C)N3C. The zero-order valence-electron chi connectivity index (χ0n) is 17.4. The van der Waals surface area contributed by atoms with E-state index in [-0.39, 0.29) is 0 Å². The second-order valence-electron chi connectivity index (χ2n) is 8.65. The summed E-state index contributed by atoms with van der Waals surface area (Å²) in [5.74, 6) is 0.655. The van der Waals surface area contributed by atoms with E-state index in [9.17, 15) is 0 Å². The maximum absolute atomic E-state index is 2.41. The van der Waals surface area contributed by atoms with E-state index in [2.05, 4.69) is 99.1 Å². The Morgan fingerprint density at radius 2 is 1.79 bits per heavy atom. The fraction of sp³-hybridized carbons (Fsp3) is 0.269. The molecule has 5 rings (SSSR count). The van der Waals surface area contributed by atoms with E-state index in [0.29, 0.717) is 5.92 Å². The van der Waals surface area contributed by atoms with Crippen molar-refractivity contribution in [1.29, 1.82) is 0 Å². The van der Waals surface area contributed by atoms with Crippen LogP contribution < -0.4 is 9.47 Å². The molecule has 0 saturated heterocycles. The van der Waals surface area contributed by atoms with Crippen LogP contribution in [0.25, 0.3) is 32.8 Å². The maximum Gasteiger partial charge on any atom is 0.237 e. The molecule has 0 spiro atoms. The average Bonchev–Trinajstić information content (AvgIpc) is 2.66. The van der Waals surface area contributed by atoms with Gasteiger partial charge in [0, 0.05) is 28.9 Å². The first-order valence-corrected chi connectivity index (χ1v) is 10.2. The zero-order valence-corrected chi connectivity index (χ0v) is 17.4. The van der Waals surface area contributed by atoms with Crippen molar-refractivity contribution in [3.05, 3.63) is 65.9 Å². The van der Waals surface area contributed by atoms with Gasteiger partial charge in [-0.1, -0.05) is 44.2 Å². The molecule has 0 bridgehead atoms. The van der Waals surface area contributed by atoms with Crippen molar-refractivity contribution in [2.24, 2.45) is 13.0 Å². The van der Waals surface area contributed by atoms with Gasteiger partial charge < -0.3 is 4.90 Å². The molecular formula is C26H27N2+. The third kappa shape index (κ3) is 2.37. The van der Waals surface area contributed by atoms with Crippen LogP contribution in [0.15, 0.2) is 54.7 Å². The van der Waals surface area contributed by atoms with Crippen LogP contribution in [0.2, 0.25) is 0 Å². The number of benzene rings is 3. The highest BCUT2D eigenvalue weighted by Crippen LogP contribution is 2.49. The first-order chi connectivity index (χ1) is 13.5. The van der Waals surface area contributed by atoms with Gasteiger partial charge in [0.2, 0.25) is 5.69 Å². The average molecular weight is 368 g/mol. The van der Waals surface area contributed by atoms with Crippen molar-refractivity contribution in [2.45, 2.75) is 27.2 Å². The van der Waals surface area contributed by atoms with Crippen LogP contribution in [0, 0.1) is 12.8 Å². The maximum atomic E-state index is 2.41. The van der Waals surface area contributed by atoms with E-state index in [1.54, 1.807) is 0 Å². The molecule has 1 aromatic heterocycles. The van der Waals surface area contributed by atoms with E-state index in [0.717, 1.165) is 6.42 Å². The van der Waals surface area contributed by atoms with Gasteiger partial charge in [0.25, 0.3) is 0 Å². The lowest BCUT2D eigenvalue weighted by Crippen LogP contribution is -2.34. The van der Waals surface area contributed by atoms with E-state index in [1.165, 1.54) is 55.3 Å². The molecule has 28 heavy (non-hydrogen) atoms. The first-order valence-electron chi connectivity index (χ1n) is 10.2. The minimum absolute atomic E-state index is 0.655. The van der Waals surface area contributed by atoms with Crippen molar-refractivity contribution < 1.29 is 4.57 Å². The van der Waals surface area contributed by atoms with Crippen molar-refractivity contribution in [2.75, 3.05) is 11.9 Å². The number of hydrogen-bond donors (Lipinski definition) is 0. The Kier molecular flexibility index (Phi) is 3.74. The van der Waals surface area contributed by atoms with Gasteiger partial charge in [0.1, 0.15) is 12.7 Å². The monoisotopic (exact) mass is 367 g/mol. The van der Waals surface area contributed by atoms with Gasteiger partial charge in [0.05, 0.1) is 5.56 Å². The van der Waals surface area contributed by atoms with Gasteiger partial charge in [-0.15, -0.1) is 0 Å². The summed E-state index contributed by atoms with van der Waals surface area (Å²) in [6.45, 7) is 6.81. The van der Waals surface area contributed by atoms with Crippen LogP contribution in [0.1, 0.15) is 25.0 Å². The molecular weight excluding hydrogens is 340 g/mol. The van der Waals surface area contributed by atoms with Gasteiger partial charge >= 0.3 is 0 Å². The Morgan fingerprint density at radius 3 is 2.57 bits per heavy atom. The van der Waals surface area contributed by atoms with Crippen LogP contribution in [0.4, 0.5) is 11.4 Å². The van der Waals surface area contributed by atoms with Crippen molar-refractivity contribution in [3.8, 4) is 11.3 Å². The molecule has 0 atom stereocenters. The van der Waals surface area contributed by atoms with Gasteiger partial charge in [-0.3, -0.25) is 0 Å². The number of nitrogens with zero attached hydrogens (tertiary/aromatic N) is 2.